The maximum atomic E-state index is 6.35. The van der Waals surface area contributed by atoms with Gasteiger partial charge in [-0.15, -0.1) is 0 Å². The summed E-state index contributed by atoms with van der Waals surface area (Å²) in [5, 5.41) is 1.16. The molecular weight excluding hydrogens is 244 g/mol. The van der Waals surface area contributed by atoms with Crippen molar-refractivity contribution in [2.24, 2.45) is 5.41 Å². The zero-order chi connectivity index (χ0) is 14.9. The molecule has 0 saturated carbocycles. The minimum atomic E-state index is 0.379. The van der Waals surface area contributed by atoms with E-state index in [1.165, 1.54) is 18.4 Å². The van der Waals surface area contributed by atoms with Crippen LogP contribution in [0.25, 0.3) is 10.9 Å². The molecule has 0 radical (unpaired) electrons. The van der Waals surface area contributed by atoms with E-state index in [1.54, 1.807) is 0 Å². The standard InChI is InChI=1S/C18H26N2/c1-6-18(4,5)11-10-14-8-7-9-15-16(14)17(19)12(2)13(3)20-15/h7-9H,6,10-11H2,1-5H3,(H2,19,20). The lowest BCUT2D eigenvalue weighted by Gasteiger charge is -2.23. The van der Waals surface area contributed by atoms with Crippen LogP contribution in [0.15, 0.2) is 18.2 Å². The third-order valence-corrected chi connectivity index (χ3v) is 4.66. The van der Waals surface area contributed by atoms with Crippen LogP contribution in [0.1, 0.15) is 50.4 Å². The molecule has 108 valence electrons. The lowest BCUT2D eigenvalue weighted by Crippen LogP contribution is -2.11. The number of pyridine rings is 1. The van der Waals surface area contributed by atoms with Gasteiger partial charge in [0.2, 0.25) is 0 Å². The molecule has 2 rings (SSSR count). The predicted octanol–water partition coefficient (Wildman–Crippen LogP) is 4.80. The van der Waals surface area contributed by atoms with Crippen LogP contribution in [0.2, 0.25) is 0 Å². The zero-order valence-corrected chi connectivity index (χ0v) is 13.4. The Hall–Kier alpha value is -1.57. The highest BCUT2D eigenvalue weighted by atomic mass is 14.7. The van der Waals surface area contributed by atoms with E-state index in [-0.39, 0.29) is 0 Å². The van der Waals surface area contributed by atoms with E-state index >= 15 is 0 Å². The summed E-state index contributed by atoms with van der Waals surface area (Å²) in [6, 6.07) is 6.35. The number of nitrogens with two attached hydrogens (primary N) is 1. The topological polar surface area (TPSA) is 38.9 Å². The van der Waals surface area contributed by atoms with Gasteiger partial charge in [-0.2, -0.15) is 0 Å². The molecule has 1 aromatic carbocycles. The summed E-state index contributed by atoms with van der Waals surface area (Å²) in [6.45, 7) is 11.0. The number of hydrogen-bond donors (Lipinski definition) is 1. The van der Waals surface area contributed by atoms with E-state index in [9.17, 15) is 0 Å². The number of rotatable bonds is 4. The second-order valence-corrected chi connectivity index (χ2v) is 6.56. The van der Waals surface area contributed by atoms with Crippen molar-refractivity contribution in [3.63, 3.8) is 0 Å². The van der Waals surface area contributed by atoms with Crippen molar-refractivity contribution in [2.75, 3.05) is 5.73 Å². The molecule has 0 aliphatic heterocycles. The number of fused-ring (bicyclic) bond motifs is 1. The molecule has 0 atom stereocenters. The van der Waals surface area contributed by atoms with Crippen molar-refractivity contribution < 1.29 is 0 Å². The summed E-state index contributed by atoms with van der Waals surface area (Å²) in [6.07, 6.45) is 3.44. The second kappa shape index (κ2) is 5.43. The van der Waals surface area contributed by atoms with Gasteiger partial charge in [0.1, 0.15) is 0 Å². The smallest absolute Gasteiger partial charge is 0.0728 e. The van der Waals surface area contributed by atoms with Crippen molar-refractivity contribution in [3.8, 4) is 0 Å². The first-order chi connectivity index (χ1) is 9.35. The highest BCUT2D eigenvalue weighted by Crippen LogP contribution is 2.32. The summed E-state index contributed by atoms with van der Waals surface area (Å²) in [5.41, 5.74) is 12.1. The molecule has 2 nitrogen and oxygen atoms in total. The molecule has 0 aliphatic carbocycles. The van der Waals surface area contributed by atoms with Gasteiger partial charge in [0, 0.05) is 16.8 Å². The van der Waals surface area contributed by atoms with Crippen LogP contribution >= 0.6 is 0 Å². The van der Waals surface area contributed by atoms with Crippen LogP contribution in [0.5, 0.6) is 0 Å². The summed E-state index contributed by atoms with van der Waals surface area (Å²) < 4.78 is 0. The Morgan fingerprint density at radius 3 is 2.55 bits per heavy atom. The third-order valence-electron chi connectivity index (χ3n) is 4.66. The zero-order valence-electron chi connectivity index (χ0n) is 13.4. The van der Waals surface area contributed by atoms with Crippen LogP contribution in [0, 0.1) is 19.3 Å². The fourth-order valence-electron chi connectivity index (χ4n) is 2.50. The molecular formula is C18H26N2. The van der Waals surface area contributed by atoms with Crippen LogP contribution in [0.4, 0.5) is 5.69 Å². The Morgan fingerprint density at radius 2 is 1.90 bits per heavy atom. The SMILES string of the molecule is CCC(C)(C)CCc1cccc2nc(C)c(C)c(N)c12. The van der Waals surface area contributed by atoms with Gasteiger partial charge in [0.05, 0.1) is 5.52 Å². The number of anilines is 1. The molecule has 0 aliphatic rings. The first kappa shape index (κ1) is 14.8. The van der Waals surface area contributed by atoms with Crippen LogP contribution in [-0.2, 0) is 6.42 Å². The van der Waals surface area contributed by atoms with E-state index < -0.39 is 0 Å². The summed E-state index contributed by atoms with van der Waals surface area (Å²) in [4.78, 5) is 4.68. The van der Waals surface area contributed by atoms with Gasteiger partial charge in [-0.05, 0) is 49.3 Å². The lowest BCUT2D eigenvalue weighted by atomic mass is 9.83. The van der Waals surface area contributed by atoms with E-state index in [0.29, 0.717) is 5.41 Å². The average Bonchev–Trinajstić information content (AvgIpc) is 2.42. The van der Waals surface area contributed by atoms with Crippen molar-refractivity contribution in [3.05, 3.63) is 35.0 Å². The molecule has 0 spiro atoms. The lowest BCUT2D eigenvalue weighted by molar-refractivity contribution is 0.323. The largest absolute Gasteiger partial charge is 0.398 e. The van der Waals surface area contributed by atoms with Gasteiger partial charge >= 0.3 is 0 Å². The quantitative estimate of drug-likeness (QED) is 0.866. The van der Waals surface area contributed by atoms with Crippen LogP contribution in [-0.4, -0.2) is 4.98 Å². The van der Waals surface area contributed by atoms with Crippen molar-refractivity contribution in [1.82, 2.24) is 4.98 Å². The molecule has 0 bridgehead atoms. The highest BCUT2D eigenvalue weighted by molar-refractivity contribution is 5.94. The molecule has 2 N–H and O–H groups in total. The molecule has 0 saturated heterocycles. The number of aryl methyl sites for hydroxylation is 2. The summed E-state index contributed by atoms with van der Waals surface area (Å²) in [7, 11) is 0. The minimum Gasteiger partial charge on any atom is -0.398 e. The van der Waals surface area contributed by atoms with E-state index in [1.807, 2.05) is 6.92 Å². The number of nitrogen functional groups attached to an aromatic ring is 1. The highest BCUT2D eigenvalue weighted by Gasteiger charge is 2.17. The first-order valence-corrected chi connectivity index (χ1v) is 7.50. The molecule has 0 amide bonds. The number of aromatic nitrogens is 1. The minimum absolute atomic E-state index is 0.379. The van der Waals surface area contributed by atoms with E-state index in [4.69, 9.17) is 5.73 Å². The van der Waals surface area contributed by atoms with E-state index in [0.717, 1.165) is 34.3 Å². The second-order valence-electron chi connectivity index (χ2n) is 6.56. The monoisotopic (exact) mass is 270 g/mol. The molecule has 2 heteroatoms. The van der Waals surface area contributed by atoms with Gasteiger partial charge < -0.3 is 5.73 Å². The van der Waals surface area contributed by atoms with Crippen LogP contribution < -0.4 is 5.73 Å². The summed E-state index contributed by atoms with van der Waals surface area (Å²) in [5.74, 6) is 0. The normalized spacial score (nSPS) is 12.1. The van der Waals surface area contributed by atoms with Crippen LogP contribution in [0.3, 0.4) is 0 Å². The van der Waals surface area contributed by atoms with Crippen molar-refractivity contribution >= 4 is 16.6 Å². The van der Waals surface area contributed by atoms with Gasteiger partial charge in [-0.1, -0.05) is 39.3 Å². The van der Waals surface area contributed by atoms with Gasteiger partial charge in [0.25, 0.3) is 0 Å². The van der Waals surface area contributed by atoms with E-state index in [2.05, 4.69) is 50.9 Å². The Bertz CT molecular complexity index is 627. The maximum Gasteiger partial charge on any atom is 0.0728 e. The van der Waals surface area contributed by atoms with Crippen molar-refractivity contribution in [2.45, 2.75) is 53.9 Å². The van der Waals surface area contributed by atoms with Gasteiger partial charge in [-0.3, -0.25) is 4.98 Å². The number of hydrogen-bond acceptors (Lipinski definition) is 2. The molecule has 1 heterocycles. The molecule has 0 unspecified atom stereocenters. The molecule has 2 aromatic rings. The maximum absolute atomic E-state index is 6.35. The Balaban J connectivity index is 2.47. The predicted molar refractivity (Wildman–Crippen MR) is 88.0 cm³/mol. The Kier molecular flexibility index (Phi) is 4.03. The number of benzene rings is 1. The molecule has 0 fully saturated rings. The fourth-order valence-corrected chi connectivity index (χ4v) is 2.50. The number of nitrogens with zero attached hydrogens (tertiary/aromatic N) is 1. The molecule has 1 aromatic heterocycles. The van der Waals surface area contributed by atoms with Crippen molar-refractivity contribution in [1.29, 1.82) is 0 Å². The Labute approximate surface area is 122 Å². The third kappa shape index (κ3) is 2.79. The first-order valence-electron chi connectivity index (χ1n) is 7.50. The van der Waals surface area contributed by atoms with Gasteiger partial charge in [-0.25, -0.2) is 0 Å². The van der Waals surface area contributed by atoms with Gasteiger partial charge in [0.15, 0.2) is 0 Å². The molecule has 20 heavy (non-hydrogen) atoms. The Morgan fingerprint density at radius 1 is 1.20 bits per heavy atom. The summed E-state index contributed by atoms with van der Waals surface area (Å²) >= 11 is 0. The average molecular weight is 270 g/mol. The fraction of sp³-hybridized carbons (Fsp3) is 0.500.